The Labute approximate surface area is 144 Å². The summed E-state index contributed by atoms with van der Waals surface area (Å²) in [5, 5.41) is 1.38. The standard InChI is InChI=1S/C21H27N3/c1-2-4-21-20(3-1)19(13-22-21)15-24-9-7-23(8-10-24)14-18-12-16-5-6-17(18)11-16/h1-6,13,16-18,22H,7-12,14-15H2. The second-order valence-corrected chi connectivity index (χ2v) is 7.98. The number of rotatable bonds is 4. The lowest BCUT2D eigenvalue weighted by atomic mass is 9.93. The molecule has 2 bridgehead atoms. The first-order valence-electron chi connectivity index (χ1n) is 9.53. The molecule has 2 heterocycles. The van der Waals surface area contributed by atoms with Crippen LogP contribution in [0.2, 0.25) is 0 Å². The second-order valence-electron chi connectivity index (χ2n) is 7.98. The van der Waals surface area contributed by atoms with E-state index in [0.29, 0.717) is 0 Å². The van der Waals surface area contributed by atoms with Gasteiger partial charge in [0.1, 0.15) is 0 Å². The third-order valence-corrected chi connectivity index (χ3v) is 6.44. The van der Waals surface area contributed by atoms with Gasteiger partial charge in [-0.2, -0.15) is 0 Å². The number of aromatic nitrogens is 1. The molecule has 0 spiro atoms. The van der Waals surface area contributed by atoms with Crippen molar-refractivity contribution < 1.29 is 0 Å². The minimum absolute atomic E-state index is 0.888. The number of nitrogens with zero attached hydrogens (tertiary/aromatic N) is 2. The van der Waals surface area contributed by atoms with E-state index >= 15 is 0 Å². The number of H-pyrrole nitrogens is 1. The Morgan fingerprint density at radius 3 is 2.58 bits per heavy atom. The molecule has 1 N–H and O–H groups in total. The van der Waals surface area contributed by atoms with Crippen LogP contribution in [0.1, 0.15) is 18.4 Å². The van der Waals surface area contributed by atoms with Gasteiger partial charge in [0, 0.05) is 56.4 Å². The molecule has 2 aromatic rings. The van der Waals surface area contributed by atoms with Gasteiger partial charge in [0.2, 0.25) is 0 Å². The molecule has 1 saturated heterocycles. The van der Waals surface area contributed by atoms with Gasteiger partial charge in [0.15, 0.2) is 0 Å². The van der Waals surface area contributed by atoms with Crippen LogP contribution in [-0.4, -0.2) is 47.5 Å². The van der Waals surface area contributed by atoms with Crippen LogP contribution >= 0.6 is 0 Å². The number of benzene rings is 1. The molecule has 2 fully saturated rings. The molecule has 3 atom stereocenters. The Bertz CT molecular complexity index is 738. The lowest BCUT2D eigenvalue weighted by molar-refractivity contribution is 0.109. The van der Waals surface area contributed by atoms with Gasteiger partial charge >= 0.3 is 0 Å². The molecule has 3 nitrogen and oxygen atoms in total. The van der Waals surface area contributed by atoms with Gasteiger partial charge in [-0.05, 0) is 42.2 Å². The van der Waals surface area contributed by atoms with Gasteiger partial charge in [-0.3, -0.25) is 4.90 Å². The first kappa shape index (κ1) is 14.7. The lowest BCUT2D eigenvalue weighted by Gasteiger charge is -2.36. The van der Waals surface area contributed by atoms with Crippen molar-refractivity contribution in [3.63, 3.8) is 0 Å². The summed E-state index contributed by atoms with van der Waals surface area (Å²) in [4.78, 5) is 8.74. The van der Waals surface area contributed by atoms with Gasteiger partial charge < -0.3 is 9.88 Å². The number of hydrogen-bond acceptors (Lipinski definition) is 2. The van der Waals surface area contributed by atoms with E-state index in [1.54, 1.807) is 0 Å². The van der Waals surface area contributed by atoms with Crippen molar-refractivity contribution in [1.82, 2.24) is 14.8 Å². The summed E-state index contributed by atoms with van der Waals surface area (Å²) < 4.78 is 0. The van der Waals surface area contributed by atoms with Gasteiger partial charge in [-0.25, -0.2) is 0 Å². The number of para-hydroxylation sites is 1. The van der Waals surface area contributed by atoms with Crippen LogP contribution in [0.4, 0.5) is 0 Å². The highest BCUT2D eigenvalue weighted by atomic mass is 15.3. The van der Waals surface area contributed by atoms with Crippen molar-refractivity contribution in [2.24, 2.45) is 17.8 Å². The normalized spacial score (nSPS) is 30.6. The van der Waals surface area contributed by atoms with E-state index < -0.39 is 0 Å². The van der Waals surface area contributed by atoms with Gasteiger partial charge in [-0.15, -0.1) is 0 Å². The van der Waals surface area contributed by atoms with E-state index in [2.05, 4.69) is 57.4 Å². The van der Waals surface area contributed by atoms with Crippen LogP contribution in [0.15, 0.2) is 42.6 Å². The third kappa shape index (κ3) is 2.70. The van der Waals surface area contributed by atoms with Crippen molar-refractivity contribution in [3.05, 3.63) is 48.2 Å². The highest BCUT2D eigenvalue weighted by Crippen LogP contribution is 2.43. The maximum absolute atomic E-state index is 3.41. The Balaban J connectivity index is 1.16. The molecule has 3 heteroatoms. The average Bonchev–Trinajstić information content (AvgIpc) is 3.33. The van der Waals surface area contributed by atoms with Crippen LogP contribution < -0.4 is 0 Å². The predicted molar refractivity (Wildman–Crippen MR) is 98.9 cm³/mol. The van der Waals surface area contributed by atoms with Crippen LogP contribution in [0, 0.1) is 17.8 Å². The third-order valence-electron chi connectivity index (χ3n) is 6.44. The summed E-state index contributed by atoms with van der Waals surface area (Å²) in [6.45, 7) is 7.29. The summed E-state index contributed by atoms with van der Waals surface area (Å²) in [6.07, 6.45) is 10.0. The number of piperazine rings is 1. The first-order chi connectivity index (χ1) is 11.8. The minimum Gasteiger partial charge on any atom is -0.361 e. The van der Waals surface area contributed by atoms with Crippen molar-refractivity contribution in [2.45, 2.75) is 19.4 Å². The Kier molecular flexibility index (Phi) is 3.72. The number of fused-ring (bicyclic) bond motifs is 3. The molecule has 1 aliphatic heterocycles. The summed E-state index contributed by atoms with van der Waals surface area (Å²) in [5.41, 5.74) is 2.70. The largest absolute Gasteiger partial charge is 0.361 e. The van der Waals surface area contributed by atoms with Crippen LogP contribution in [0.3, 0.4) is 0 Å². The van der Waals surface area contributed by atoms with E-state index in [0.717, 1.165) is 24.3 Å². The Morgan fingerprint density at radius 1 is 0.958 bits per heavy atom. The van der Waals surface area contributed by atoms with Crippen LogP contribution in [0.5, 0.6) is 0 Å². The molecule has 126 valence electrons. The minimum atomic E-state index is 0.888. The Hall–Kier alpha value is -1.58. The van der Waals surface area contributed by atoms with E-state index in [4.69, 9.17) is 0 Å². The van der Waals surface area contributed by atoms with E-state index in [-0.39, 0.29) is 0 Å². The number of nitrogens with one attached hydrogen (secondary N) is 1. The fourth-order valence-corrected chi connectivity index (χ4v) is 5.07. The zero-order valence-corrected chi connectivity index (χ0v) is 14.3. The quantitative estimate of drug-likeness (QED) is 0.871. The highest BCUT2D eigenvalue weighted by Gasteiger charge is 2.36. The lowest BCUT2D eigenvalue weighted by Crippen LogP contribution is -2.47. The molecule has 0 amide bonds. The average molecular weight is 321 g/mol. The number of aromatic amines is 1. The molecular weight excluding hydrogens is 294 g/mol. The van der Waals surface area contributed by atoms with Crippen LogP contribution in [-0.2, 0) is 6.54 Å². The maximum atomic E-state index is 3.41. The molecule has 3 aliphatic rings. The summed E-state index contributed by atoms with van der Waals surface area (Å²) in [6, 6.07) is 8.65. The fourth-order valence-electron chi connectivity index (χ4n) is 5.07. The van der Waals surface area contributed by atoms with Crippen molar-refractivity contribution >= 4 is 10.9 Å². The number of allylic oxidation sites excluding steroid dienone is 2. The molecule has 2 aliphatic carbocycles. The maximum Gasteiger partial charge on any atom is 0.0457 e. The van der Waals surface area contributed by atoms with Crippen LogP contribution in [0.25, 0.3) is 10.9 Å². The van der Waals surface area contributed by atoms with E-state index in [9.17, 15) is 0 Å². The van der Waals surface area contributed by atoms with Crippen molar-refractivity contribution in [3.8, 4) is 0 Å². The summed E-state index contributed by atoms with van der Waals surface area (Å²) in [7, 11) is 0. The predicted octanol–water partition coefficient (Wildman–Crippen LogP) is 3.50. The zero-order valence-electron chi connectivity index (χ0n) is 14.3. The molecule has 24 heavy (non-hydrogen) atoms. The second kappa shape index (κ2) is 6.05. The van der Waals surface area contributed by atoms with Crippen molar-refractivity contribution in [1.29, 1.82) is 0 Å². The first-order valence-corrected chi connectivity index (χ1v) is 9.53. The molecule has 1 aromatic heterocycles. The highest BCUT2D eigenvalue weighted by molar-refractivity contribution is 5.82. The summed E-state index contributed by atoms with van der Waals surface area (Å²) >= 11 is 0. The number of hydrogen-bond donors (Lipinski definition) is 1. The van der Waals surface area contributed by atoms with Crippen molar-refractivity contribution in [2.75, 3.05) is 32.7 Å². The van der Waals surface area contributed by atoms with Gasteiger partial charge in [-0.1, -0.05) is 30.4 Å². The molecule has 5 rings (SSSR count). The topological polar surface area (TPSA) is 22.3 Å². The smallest absolute Gasteiger partial charge is 0.0457 e. The molecule has 1 aromatic carbocycles. The van der Waals surface area contributed by atoms with E-state index in [1.807, 2.05) is 0 Å². The summed E-state index contributed by atoms with van der Waals surface area (Å²) in [5.74, 6) is 2.72. The molecule has 0 radical (unpaired) electrons. The van der Waals surface area contributed by atoms with Gasteiger partial charge in [0.25, 0.3) is 0 Å². The fraction of sp³-hybridized carbons (Fsp3) is 0.524. The van der Waals surface area contributed by atoms with E-state index in [1.165, 1.54) is 62.0 Å². The Morgan fingerprint density at radius 2 is 1.79 bits per heavy atom. The SMILES string of the molecule is C1=CC2CC1CC2CN1CCN(Cc2c[nH]c3ccccc23)CC1. The molecular formula is C21H27N3. The molecule has 1 saturated carbocycles. The molecule has 3 unspecified atom stereocenters. The monoisotopic (exact) mass is 321 g/mol. The zero-order chi connectivity index (χ0) is 15.9. The van der Waals surface area contributed by atoms with Gasteiger partial charge in [0.05, 0.1) is 0 Å².